The predicted octanol–water partition coefficient (Wildman–Crippen LogP) is 4.69. The van der Waals surface area contributed by atoms with Gasteiger partial charge in [-0.15, -0.1) is 11.6 Å². The number of carbonyl (C=O) groups is 1. The van der Waals surface area contributed by atoms with E-state index in [1.54, 1.807) is 0 Å². The van der Waals surface area contributed by atoms with Gasteiger partial charge in [0, 0.05) is 6.42 Å². The molecule has 0 rings (SSSR count). The second-order valence-corrected chi connectivity index (χ2v) is 4.99. The molecule has 0 spiro atoms. The van der Waals surface area contributed by atoms with Crippen LogP contribution >= 0.6 is 11.6 Å². The Morgan fingerprint density at radius 3 is 2.11 bits per heavy atom. The van der Waals surface area contributed by atoms with E-state index in [0.717, 1.165) is 12.8 Å². The van der Waals surface area contributed by atoms with E-state index in [1.165, 1.54) is 44.9 Å². The number of unbranched alkanes of at least 4 members (excludes halogenated alkanes) is 8. The van der Waals surface area contributed by atoms with Crippen molar-refractivity contribution < 1.29 is 9.53 Å². The minimum absolute atomic E-state index is 0.146. The molecule has 0 aliphatic carbocycles. The number of ether oxygens (including phenoxy) is 1. The third-order valence-corrected chi connectivity index (χ3v) is 3.12. The van der Waals surface area contributed by atoms with Gasteiger partial charge in [0.15, 0.2) is 6.61 Å². The lowest BCUT2D eigenvalue weighted by molar-refractivity contribution is -0.142. The van der Waals surface area contributed by atoms with Gasteiger partial charge >= 0.3 is 5.97 Å². The van der Waals surface area contributed by atoms with Crippen LogP contribution in [0.1, 0.15) is 71.1 Å². The van der Waals surface area contributed by atoms with Crippen molar-refractivity contribution in [2.75, 3.05) is 12.5 Å². The third kappa shape index (κ3) is 15.3. The normalized spacial score (nSPS) is 9.79. The van der Waals surface area contributed by atoms with Gasteiger partial charge in [-0.2, -0.15) is 0 Å². The Kier molecular flexibility index (Phi) is 14.8. The fourth-order valence-corrected chi connectivity index (χ4v) is 1.96. The number of carbonyl (C=O) groups excluding carboxylic acids is 1. The van der Waals surface area contributed by atoms with Crippen LogP contribution in [0.15, 0.2) is 0 Å². The maximum Gasteiger partial charge on any atom is 0.306 e. The van der Waals surface area contributed by atoms with Gasteiger partial charge in [0.25, 0.3) is 0 Å². The molecule has 0 aromatic rings. The molecule has 0 N–H and O–H groups in total. The van der Waals surface area contributed by atoms with Gasteiger partial charge in [-0.3, -0.25) is 4.79 Å². The summed E-state index contributed by atoms with van der Waals surface area (Å²) >= 11 is 5.37. The summed E-state index contributed by atoms with van der Waals surface area (Å²) < 4.78 is 4.94. The predicted molar refractivity (Wildman–Crippen MR) is 81.3 cm³/mol. The summed E-state index contributed by atoms with van der Waals surface area (Å²) in [7, 11) is 0. The van der Waals surface area contributed by atoms with Crippen LogP contribution in [0.2, 0.25) is 0 Å². The van der Waals surface area contributed by atoms with Crippen LogP contribution in [-0.2, 0) is 9.53 Å². The molecule has 0 aliphatic heterocycles. The first-order chi connectivity index (χ1) is 9.31. The zero-order chi connectivity index (χ0) is 14.2. The van der Waals surface area contributed by atoms with Crippen LogP contribution < -0.4 is 0 Å². The number of hydrogen-bond donors (Lipinski definition) is 0. The van der Waals surface area contributed by atoms with Gasteiger partial charge in [0.2, 0.25) is 0 Å². The molecule has 3 heteroatoms. The molecule has 19 heavy (non-hydrogen) atoms. The Labute approximate surface area is 123 Å². The molecule has 110 valence electrons. The first-order valence-electron chi connectivity index (χ1n) is 7.48. The topological polar surface area (TPSA) is 26.3 Å². The van der Waals surface area contributed by atoms with E-state index < -0.39 is 0 Å². The zero-order valence-electron chi connectivity index (χ0n) is 12.2. The fourth-order valence-electron chi connectivity index (χ4n) is 1.87. The fraction of sp³-hybridized carbons (Fsp3) is 0.812. The molecular weight excluding hydrogens is 260 g/mol. The minimum atomic E-state index is -0.146. The van der Waals surface area contributed by atoms with Gasteiger partial charge in [-0.1, -0.05) is 70.1 Å². The van der Waals surface area contributed by atoms with Crippen LogP contribution in [0.3, 0.4) is 0 Å². The Morgan fingerprint density at radius 2 is 1.53 bits per heavy atom. The Balaban J connectivity index is 3.18. The summed E-state index contributed by atoms with van der Waals surface area (Å²) in [5.41, 5.74) is 0. The van der Waals surface area contributed by atoms with Gasteiger partial charge in [-0.25, -0.2) is 0 Å². The van der Waals surface area contributed by atoms with E-state index in [2.05, 4.69) is 18.8 Å². The van der Waals surface area contributed by atoms with Crippen molar-refractivity contribution in [2.24, 2.45) is 0 Å². The Bertz CT molecular complexity index is 266. The number of hydrogen-bond acceptors (Lipinski definition) is 2. The average molecular weight is 287 g/mol. The summed E-state index contributed by atoms with van der Waals surface area (Å²) in [6.07, 6.45) is 11.8. The molecule has 0 heterocycles. The summed E-state index contributed by atoms with van der Waals surface area (Å²) in [5.74, 6) is 5.46. The average Bonchev–Trinajstić information content (AvgIpc) is 2.42. The minimum Gasteiger partial charge on any atom is -0.452 e. The Morgan fingerprint density at radius 1 is 0.947 bits per heavy atom. The van der Waals surface area contributed by atoms with Gasteiger partial charge in [0.05, 0.1) is 5.88 Å². The highest BCUT2D eigenvalue weighted by Gasteiger charge is 2.01. The van der Waals surface area contributed by atoms with Crippen molar-refractivity contribution in [3.63, 3.8) is 0 Å². The molecule has 0 saturated heterocycles. The zero-order valence-corrected chi connectivity index (χ0v) is 12.9. The first kappa shape index (κ1) is 18.3. The van der Waals surface area contributed by atoms with Gasteiger partial charge < -0.3 is 4.74 Å². The number of alkyl halides is 1. The lowest BCUT2D eigenvalue weighted by Crippen LogP contribution is -2.04. The molecule has 0 amide bonds. The third-order valence-electron chi connectivity index (χ3n) is 2.98. The summed E-state index contributed by atoms with van der Waals surface area (Å²) in [6.45, 7) is 2.41. The van der Waals surface area contributed by atoms with Crippen molar-refractivity contribution in [1.82, 2.24) is 0 Å². The molecule has 0 aromatic heterocycles. The van der Waals surface area contributed by atoms with Crippen molar-refractivity contribution in [3.05, 3.63) is 0 Å². The highest BCUT2D eigenvalue weighted by molar-refractivity contribution is 6.19. The Hall–Kier alpha value is -0.680. The molecule has 0 saturated carbocycles. The van der Waals surface area contributed by atoms with Crippen molar-refractivity contribution in [1.29, 1.82) is 0 Å². The van der Waals surface area contributed by atoms with E-state index in [1.807, 2.05) is 0 Å². The quantitative estimate of drug-likeness (QED) is 0.238. The van der Waals surface area contributed by atoms with Crippen molar-refractivity contribution >= 4 is 17.6 Å². The van der Waals surface area contributed by atoms with Crippen molar-refractivity contribution in [2.45, 2.75) is 71.1 Å². The van der Waals surface area contributed by atoms with Crippen LogP contribution in [0, 0.1) is 11.8 Å². The highest BCUT2D eigenvalue weighted by atomic mass is 35.5. The smallest absolute Gasteiger partial charge is 0.306 e. The number of halogens is 1. The molecule has 0 radical (unpaired) electrons. The molecule has 0 bridgehead atoms. The second-order valence-electron chi connectivity index (χ2n) is 4.73. The van der Waals surface area contributed by atoms with Gasteiger partial charge in [0.1, 0.15) is 0 Å². The SMILES string of the molecule is CCCCCCCCCCCC(=O)OCC#CCCl. The van der Waals surface area contributed by atoms with Crippen LogP contribution in [0.5, 0.6) is 0 Å². The maximum atomic E-state index is 11.3. The molecule has 0 aromatic carbocycles. The summed E-state index contributed by atoms with van der Waals surface area (Å²) in [4.78, 5) is 11.3. The second kappa shape index (κ2) is 15.4. The van der Waals surface area contributed by atoms with Crippen LogP contribution in [0.4, 0.5) is 0 Å². The molecule has 0 atom stereocenters. The first-order valence-corrected chi connectivity index (χ1v) is 8.02. The van der Waals surface area contributed by atoms with Gasteiger partial charge in [-0.05, 0) is 6.42 Å². The lowest BCUT2D eigenvalue weighted by atomic mass is 10.1. The lowest BCUT2D eigenvalue weighted by Gasteiger charge is -2.02. The molecule has 0 fully saturated rings. The molecule has 0 unspecified atom stereocenters. The monoisotopic (exact) mass is 286 g/mol. The van der Waals surface area contributed by atoms with E-state index in [9.17, 15) is 4.79 Å². The number of rotatable bonds is 11. The van der Waals surface area contributed by atoms with E-state index in [-0.39, 0.29) is 18.5 Å². The van der Waals surface area contributed by atoms with E-state index in [4.69, 9.17) is 16.3 Å². The maximum absolute atomic E-state index is 11.3. The standard InChI is InChI=1S/C16H27ClO2/c1-2-3-4-5-6-7-8-9-10-13-16(18)19-15-12-11-14-17/h2-10,13-15H2,1H3. The van der Waals surface area contributed by atoms with E-state index >= 15 is 0 Å². The van der Waals surface area contributed by atoms with Crippen LogP contribution in [-0.4, -0.2) is 18.5 Å². The summed E-state index contributed by atoms with van der Waals surface area (Å²) in [6, 6.07) is 0. The molecular formula is C16H27ClO2. The molecule has 0 aliphatic rings. The van der Waals surface area contributed by atoms with E-state index in [0.29, 0.717) is 6.42 Å². The highest BCUT2D eigenvalue weighted by Crippen LogP contribution is 2.10. The number of esters is 1. The van der Waals surface area contributed by atoms with Crippen molar-refractivity contribution in [3.8, 4) is 11.8 Å². The molecule has 2 nitrogen and oxygen atoms in total. The largest absolute Gasteiger partial charge is 0.452 e. The summed E-state index contributed by atoms with van der Waals surface area (Å²) in [5, 5.41) is 0. The van der Waals surface area contributed by atoms with Crippen LogP contribution in [0.25, 0.3) is 0 Å².